The Balaban J connectivity index is 1.94. The third-order valence-corrected chi connectivity index (χ3v) is 3.41. The van der Waals surface area contributed by atoms with E-state index in [1.165, 1.54) is 32.4 Å². The highest BCUT2D eigenvalue weighted by atomic mass is 19.1. The first-order valence-corrected chi connectivity index (χ1v) is 6.07. The predicted molar refractivity (Wildman–Crippen MR) is 67.8 cm³/mol. The molecule has 0 radical (unpaired) electrons. The van der Waals surface area contributed by atoms with Gasteiger partial charge in [0.25, 0.3) is 0 Å². The number of halogens is 1. The minimum absolute atomic E-state index is 0.322. The molecule has 1 saturated carbocycles. The molecule has 17 heavy (non-hydrogen) atoms. The van der Waals surface area contributed by atoms with E-state index in [4.69, 9.17) is 10.5 Å². The van der Waals surface area contributed by atoms with Gasteiger partial charge in [-0.2, -0.15) is 0 Å². The van der Waals surface area contributed by atoms with E-state index in [-0.39, 0.29) is 5.82 Å². The maximum Gasteiger partial charge on any atom is 0.148 e. The van der Waals surface area contributed by atoms with E-state index >= 15 is 0 Å². The molecule has 0 aromatic heterocycles. The van der Waals surface area contributed by atoms with E-state index in [0.717, 1.165) is 18.9 Å². The monoisotopic (exact) mass is 238 g/mol. The van der Waals surface area contributed by atoms with Gasteiger partial charge in [0.1, 0.15) is 11.6 Å². The number of hydrogen-bond donors (Lipinski definition) is 2. The molecular formula is C13H19FN2O. The number of nitrogens with one attached hydrogen (secondary N) is 1. The highest BCUT2D eigenvalue weighted by molar-refractivity contribution is 5.62. The Labute approximate surface area is 101 Å². The van der Waals surface area contributed by atoms with Gasteiger partial charge in [0.05, 0.1) is 18.5 Å². The van der Waals surface area contributed by atoms with Gasteiger partial charge < -0.3 is 15.8 Å². The Morgan fingerprint density at radius 3 is 2.82 bits per heavy atom. The average molecular weight is 238 g/mol. The van der Waals surface area contributed by atoms with Gasteiger partial charge in [-0.15, -0.1) is 0 Å². The highest BCUT2D eigenvalue weighted by Crippen LogP contribution is 2.31. The van der Waals surface area contributed by atoms with Gasteiger partial charge in [0.2, 0.25) is 0 Å². The summed E-state index contributed by atoms with van der Waals surface area (Å²) in [6.07, 6.45) is 5.07. The Kier molecular flexibility index (Phi) is 3.71. The van der Waals surface area contributed by atoms with Crippen LogP contribution in [0.5, 0.6) is 5.75 Å². The number of anilines is 2. The van der Waals surface area contributed by atoms with E-state index in [1.54, 1.807) is 6.07 Å². The molecule has 2 rings (SSSR count). The van der Waals surface area contributed by atoms with Crippen molar-refractivity contribution >= 4 is 11.4 Å². The molecule has 0 unspecified atom stereocenters. The number of ether oxygens (including phenoxy) is 1. The molecule has 4 heteroatoms. The summed E-state index contributed by atoms with van der Waals surface area (Å²) in [5.74, 6) is 1.01. The zero-order chi connectivity index (χ0) is 12.3. The van der Waals surface area contributed by atoms with Crippen LogP contribution in [0.3, 0.4) is 0 Å². The fourth-order valence-corrected chi connectivity index (χ4v) is 2.07. The maximum atomic E-state index is 13.6. The molecule has 94 valence electrons. The lowest BCUT2D eigenvalue weighted by Crippen LogP contribution is -2.16. The highest BCUT2D eigenvalue weighted by Gasteiger charge is 2.16. The van der Waals surface area contributed by atoms with Crippen LogP contribution in [-0.4, -0.2) is 13.7 Å². The third-order valence-electron chi connectivity index (χ3n) is 3.41. The van der Waals surface area contributed by atoms with E-state index in [2.05, 4.69) is 5.32 Å². The molecule has 1 aromatic carbocycles. The molecule has 0 heterocycles. The molecular weight excluding hydrogens is 219 g/mol. The SMILES string of the molecule is COc1cc(NCCC2CCC2)c(F)cc1N. The summed E-state index contributed by atoms with van der Waals surface area (Å²) in [5.41, 5.74) is 6.41. The van der Waals surface area contributed by atoms with Gasteiger partial charge in [-0.1, -0.05) is 19.3 Å². The quantitative estimate of drug-likeness (QED) is 0.775. The lowest BCUT2D eigenvalue weighted by Gasteiger charge is -2.25. The number of benzene rings is 1. The maximum absolute atomic E-state index is 13.6. The number of methoxy groups -OCH3 is 1. The normalized spacial score (nSPS) is 15.4. The summed E-state index contributed by atoms with van der Waals surface area (Å²) in [6, 6.07) is 2.91. The second-order valence-electron chi connectivity index (χ2n) is 4.59. The van der Waals surface area contributed by atoms with Crippen molar-refractivity contribution in [3.8, 4) is 5.75 Å². The standard InChI is InChI=1S/C13H19FN2O/c1-17-13-8-12(10(14)7-11(13)15)16-6-5-9-3-2-4-9/h7-9,16H,2-6,15H2,1H3. The van der Waals surface area contributed by atoms with Crippen molar-refractivity contribution in [1.29, 1.82) is 0 Å². The second kappa shape index (κ2) is 5.25. The van der Waals surface area contributed by atoms with Crippen molar-refractivity contribution in [1.82, 2.24) is 0 Å². The summed E-state index contributed by atoms with van der Waals surface area (Å²) in [7, 11) is 1.53. The van der Waals surface area contributed by atoms with Crippen molar-refractivity contribution in [2.75, 3.05) is 24.7 Å². The van der Waals surface area contributed by atoms with Gasteiger partial charge in [0.15, 0.2) is 0 Å². The Hall–Kier alpha value is -1.45. The number of nitrogen functional groups attached to an aromatic ring is 1. The van der Waals surface area contributed by atoms with Gasteiger partial charge in [-0.3, -0.25) is 0 Å². The molecule has 0 aliphatic heterocycles. The lowest BCUT2D eigenvalue weighted by atomic mass is 9.83. The number of hydrogen-bond acceptors (Lipinski definition) is 3. The summed E-state index contributed by atoms with van der Waals surface area (Å²) < 4.78 is 18.7. The molecule has 0 atom stereocenters. The molecule has 1 aromatic rings. The fraction of sp³-hybridized carbons (Fsp3) is 0.538. The van der Waals surface area contributed by atoms with Crippen LogP contribution in [0.1, 0.15) is 25.7 Å². The van der Waals surface area contributed by atoms with E-state index < -0.39 is 0 Å². The first-order valence-electron chi connectivity index (χ1n) is 6.07. The molecule has 0 amide bonds. The minimum atomic E-state index is -0.322. The largest absolute Gasteiger partial charge is 0.495 e. The number of rotatable bonds is 5. The van der Waals surface area contributed by atoms with Gasteiger partial charge in [-0.05, 0) is 12.3 Å². The van der Waals surface area contributed by atoms with Crippen molar-refractivity contribution in [3.63, 3.8) is 0 Å². The van der Waals surface area contributed by atoms with E-state index in [0.29, 0.717) is 17.1 Å². The van der Waals surface area contributed by atoms with E-state index in [1.807, 2.05) is 0 Å². The van der Waals surface area contributed by atoms with Crippen molar-refractivity contribution in [2.24, 2.45) is 5.92 Å². The predicted octanol–water partition coefficient (Wildman–Crippen LogP) is 3.02. The molecule has 1 aliphatic rings. The smallest absolute Gasteiger partial charge is 0.148 e. The van der Waals surface area contributed by atoms with Crippen molar-refractivity contribution in [2.45, 2.75) is 25.7 Å². The summed E-state index contributed by atoms with van der Waals surface area (Å²) in [4.78, 5) is 0. The van der Waals surface area contributed by atoms with Gasteiger partial charge in [0, 0.05) is 18.7 Å². The lowest BCUT2D eigenvalue weighted by molar-refractivity contribution is 0.303. The molecule has 0 saturated heterocycles. The van der Waals surface area contributed by atoms with Crippen LogP contribution in [0.15, 0.2) is 12.1 Å². The first kappa shape index (κ1) is 12.0. The Morgan fingerprint density at radius 1 is 1.47 bits per heavy atom. The molecule has 1 fully saturated rings. The van der Waals surface area contributed by atoms with Crippen LogP contribution in [0.4, 0.5) is 15.8 Å². The van der Waals surface area contributed by atoms with Crippen LogP contribution < -0.4 is 15.8 Å². The van der Waals surface area contributed by atoms with E-state index in [9.17, 15) is 4.39 Å². The Bertz CT molecular complexity index is 391. The topological polar surface area (TPSA) is 47.3 Å². The van der Waals surface area contributed by atoms with Crippen LogP contribution >= 0.6 is 0 Å². The van der Waals surface area contributed by atoms with Crippen LogP contribution in [0.25, 0.3) is 0 Å². The zero-order valence-corrected chi connectivity index (χ0v) is 10.1. The van der Waals surface area contributed by atoms with Crippen molar-refractivity contribution < 1.29 is 9.13 Å². The molecule has 1 aliphatic carbocycles. The van der Waals surface area contributed by atoms with Gasteiger partial charge >= 0.3 is 0 Å². The fourth-order valence-electron chi connectivity index (χ4n) is 2.07. The van der Waals surface area contributed by atoms with Crippen LogP contribution in [0, 0.1) is 11.7 Å². The Morgan fingerprint density at radius 2 is 2.24 bits per heavy atom. The molecule has 3 nitrogen and oxygen atoms in total. The van der Waals surface area contributed by atoms with Gasteiger partial charge in [-0.25, -0.2) is 4.39 Å². The summed E-state index contributed by atoms with van der Waals surface area (Å²) in [5, 5.41) is 3.10. The molecule has 3 N–H and O–H groups in total. The van der Waals surface area contributed by atoms with Crippen LogP contribution in [-0.2, 0) is 0 Å². The zero-order valence-electron chi connectivity index (χ0n) is 10.1. The second-order valence-corrected chi connectivity index (χ2v) is 4.59. The third kappa shape index (κ3) is 2.81. The summed E-state index contributed by atoms with van der Waals surface area (Å²) in [6.45, 7) is 0.800. The average Bonchev–Trinajstić information content (AvgIpc) is 2.24. The van der Waals surface area contributed by atoms with Crippen LogP contribution in [0.2, 0.25) is 0 Å². The van der Waals surface area contributed by atoms with Crippen molar-refractivity contribution in [3.05, 3.63) is 17.9 Å². The molecule has 0 spiro atoms. The first-order chi connectivity index (χ1) is 8.20. The number of nitrogens with two attached hydrogens (primary N) is 1. The summed E-state index contributed by atoms with van der Waals surface area (Å²) >= 11 is 0. The minimum Gasteiger partial charge on any atom is -0.495 e. The molecule has 0 bridgehead atoms.